The molecule has 6 heteroatoms. The first-order chi connectivity index (χ1) is 11.7. The molecule has 128 valence electrons. The molecule has 1 saturated heterocycles. The smallest absolute Gasteiger partial charge is 0.337 e. The first-order valence-corrected chi connectivity index (χ1v) is 8.06. The van der Waals surface area contributed by atoms with Gasteiger partial charge < -0.3 is 19.1 Å². The van der Waals surface area contributed by atoms with Crippen LogP contribution in [0.2, 0.25) is 0 Å². The Morgan fingerprint density at radius 3 is 2.92 bits per heavy atom. The summed E-state index contributed by atoms with van der Waals surface area (Å²) in [7, 11) is 1.37. The molecule has 3 rings (SSSR count). The summed E-state index contributed by atoms with van der Waals surface area (Å²) >= 11 is 0. The van der Waals surface area contributed by atoms with E-state index >= 15 is 0 Å². The van der Waals surface area contributed by atoms with Crippen LogP contribution in [0, 0.1) is 5.41 Å². The largest absolute Gasteiger partial charge is 0.465 e. The maximum atomic E-state index is 11.7. The third kappa shape index (κ3) is 3.34. The molecule has 0 radical (unpaired) electrons. The van der Waals surface area contributed by atoms with Crippen molar-refractivity contribution in [2.45, 2.75) is 19.4 Å². The molecule has 1 fully saturated rings. The summed E-state index contributed by atoms with van der Waals surface area (Å²) in [6, 6.07) is 7.23. The fourth-order valence-electron chi connectivity index (χ4n) is 3.13. The van der Waals surface area contributed by atoms with E-state index in [0.29, 0.717) is 25.3 Å². The lowest BCUT2D eigenvalue weighted by Crippen LogP contribution is -2.37. The van der Waals surface area contributed by atoms with E-state index in [2.05, 4.69) is 4.98 Å². The van der Waals surface area contributed by atoms with Crippen LogP contribution in [-0.2, 0) is 16.0 Å². The third-order valence-electron chi connectivity index (χ3n) is 4.65. The summed E-state index contributed by atoms with van der Waals surface area (Å²) in [5.41, 5.74) is 1.16. The number of carbonyl (C=O) groups is 1. The van der Waals surface area contributed by atoms with Crippen molar-refractivity contribution in [1.82, 2.24) is 9.55 Å². The summed E-state index contributed by atoms with van der Waals surface area (Å²) in [4.78, 5) is 16.2. The summed E-state index contributed by atoms with van der Waals surface area (Å²) in [6.45, 7) is 2.13. The van der Waals surface area contributed by atoms with Gasteiger partial charge in [-0.2, -0.15) is 0 Å². The van der Waals surface area contributed by atoms with Gasteiger partial charge in [-0.05, 0) is 25.0 Å². The van der Waals surface area contributed by atoms with Crippen molar-refractivity contribution in [3.63, 3.8) is 0 Å². The van der Waals surface area contributed by atoms with Gasteiger partial charge in [-0.1, -0.05) is 12.1 Å². The number of ether oxygens (including phenoxy) is 2. The number of benzene rings is 1. The Bertz CT molecular complexity index is 705. The molecular weight excluding hydrogens is 308 g/mol. The fourth-order valence-corrected chi connectivity index (χ4v) is 3.13. The number of hydrogen-bond donors (Lipinski definition) is 1. The van der Waals surface area contributed by atoms with Gasteiger partial charge >= 0.3 is 5.97 Å². The fraction of sp³-hybridized carbons (Fsp3) is 0.444. The Morgan fingerprint density at radius 1 is 1.42 bits per heavy atom. The number of aliphatic hydroxyl groups is 1. The summed E-state index contributed by atoms with van der Waals surface area (Å²) in [6.07, 6.45) is 5.30. The van der Waals surface area contributed by atoms with Crippen molar-refractivity contribution in [2.75, 3.05) is 26.9 Å². The lowest BCUT2D eigenvalue weighted by atomic mass is 9.81. The molecule has 1 aromatic heterocycles. The molecule has 0 saturated carbocycles. The molecule has 24 heavy (non-hydrogen) atoms. The highest BCUT2D eigenvalue weighted by Crippen LogP contribution is 2.33. The van der Waals surface area contributed by atoms with Gasteiger partial charge in [0, 0.05) is 43.1 Å². The monoisotopic (exact) mass is 330 g/mol. The third-order valence-corrected chi connectivity index (χ3v) is 4.65. The molecule has 6 nitrogen and oxygen atoms in total. The Morgan fingerprint density at radius 2 is 2.21 bits per heavy atom. The van der Waals surface area contributed by atoms with E-state index in [1.54, 1.807) is 18.3 Å². The second-order valence-electron chi connectivity index (χ2n) is 6.22. The minimum absolute atomic E-state index is 0.121. The minimum atomic E-state index is -0.369. The van der Waals surface area contributed by atoms with Crippen LogP contribution in [0.4, 0.5) is 0 Å². The SMILES string of the molecule is COC(=O)c1cccc(-c2nccn2CC2(CO)CCOCC2)c1. The number of rotatable bonds is 5. The maximum absolute atomic E-state index is 11.7. The van der Waals surface area contributed by atoms with E-state index in [9.17, 15) is 9.90 Å². The molecule has 0 amide bonds. The molecular formula is C18H22N2O4. The molecule has 0 bridgehead atoms. The molecule has 0 spiro atoms. The van der Waals surface area contributed by atoms with E-state index in [0.717, 1.165) is 24.2 Å². The van der Waals surface area contributed by atoms with Crippen molar-refractivity contribution in [3.8, 4) is 11.4 Å². The summed E-state index contributed by atoms with van der Waals surface area (Å²) in [5, 5.41) is 9.90. The standard InChI is InChI=1S/C18H22N2O4/c1-23-17(22)15-4-2-3-14(11-15)16-19-7-8-20(16)12-18(13-21)5-9-24-10-6-18/h2-4,7-8,11,21H,5-6,9-10,12-13H2,1H3. The van der Waals surface area contributed by atoms with Crippen molar-refractivity contribution >= 4 is 5.97 Å². The highest BCUT2D eigenvalue weighted by atomic mass is 16.5. The van der Waals surface area contributed by atoms with Gasteiger partial charge in [0.25, 0.3) is 0 Å². The van der Waals surface area contributed by atoms with Gasteiger partial charge in [0.15, 0.2) is 0 Å². The van der Waals surface area contributed by atoms with Crippen molar-refractivity contribution in [1.29, 1.82) is 0 Å². The normalized spacial score (nSPS) is 16.8. The Labute approximate surface area is 141 Å². The molecule has 1 aliphatic heterocycles. The number of carbonyl (C=O) groups excluding carboxylic acids is 1. The average Bonchev–Trinajstić information content (AvgIpc) is 3.09. The topological polar surface area (TPSA) is 73.6 Å². The number of nitrogens with zero attached hydrogens (tertiary/aromatic N) is 2. The Kier molecular flexibility index (Phi) is 4.97. The van der Waals surface area contributed by atoms with Crippen LogP contribution in [0.15, 0.2) is 36.7 Å². The van der Waals surface area contributed by atoms with Crippen LogP contribution < -0.4 is 0 Å². The molecule has 1 aromatic carbocycles. The van der Waals surface area contributed by atoms with E-state index in [1.807, 2.05) is 22.9 Å². The lowest BCUT2D eigenvalue weighted by molar-refractivity contribution is -0.0250. The van der Waals surface area contributed by atoms with Crippen LogP contribution in [0.3, 0.4) is 0 Å². The lowest BCUT2D eigenvalue weighted by Gasteiger charge is -2.36. The van der Waals surface area contributed by atoms with Crippen LogP contribution >= 0.6 is 0 Å². The van der Waals surface area contributed by atoms with E-state index in [-0.39, 0.29) is 18.0 Å². The number of aromatic nitrogens is 2. The number of methoxy groups -OCH3 is 1. The van der Waals surface area contributed by atoms with Crippen LogP contribution in [0.1, 0.15) is 23.2 Å². The predicted molar refractivity (Wildman–Crippen MR) is 88.6 cm³/mol. The van der Waals surface area contributed by atoms with Crippen LogP contribution in [-0.4, -0.2) is 47.6 Å². The quantitative estimate of drug-likeness (QED) is 0.850. The van der Waals surface area contributed by atoms with Crippen molar-refractivity contribution in [3.05, 3.63) is 42.2 Å². The number of imidazole rings is 1. The first kappa shape index (κ1) is 16.7. The van der Waals surface area contributed by atoms with Gasteiger partial charge in [0.2, 0.25) is 0 Å². The zero-order chi connectivity index (χ0) is 17.0. The molecule has 0 atom stereocenters. The maximum Gasteiger partial charge on any atom is 0.337 e. The molecule has 2 aromatic rings. The Balaban J connectivity index is 1.89. The van der Waals surface area contributed by atoms with E-state index in [1.165, 1.54) is 7.11 Å². The van der Waals surface area contributed by atoms with E-state index < -0.39 is 0 Å². The van der Waals surface area contributed by atoms with Gasteiger partial charge in [-0.15, -0.1) is 0 Å². The zero-order valence-corrected chi connectivity index (χ0v) is 13.8. The van der Waals surface area contributed by atoms with Gasteiger partial charge in [-0.25, -0.2) is 9.78 Å². The van der Waals surface area contributed by atoms with Crippen molar-refractivity contribution < 1.29 is 19.4 Å². The molecule has 0 unspecified atom stereocenters. The number of hydrogen-bond acceptors (Lipinski definition) is 5. The molecule has 2 heterocycles. The summed E-state index contributed by atoms with van der Waals surface area (Å²) in [5.74, 6) is 0.409. The highest BCUT2D eigenvalue weighted by Gasteiger charge is 2.33. The van der Waals surface area contributed by atoms with E-state index in [4.69, 9.17) is 9.47 Å². The number of aliphatic hydroxyl groups excluding tert-OH is 1. The average molecular weight is 330 g/mol. The second-order valence-corrected chi connectivity index (χ2v) is 6.22. The van der Waals surface area contributed by atoms with Crippen molar-refractivity contribution in [2.24, 2.45) is 5.41 Å². The Hall–Kier alpha value is -2.18. The molecule has 1 aliphatic rings. The molecule has 0 aliphatic carbocycles. The minimum Gasteiger partial charge on any atom is -0.465 e. The van der Waals surface area contributed by atoms with Gasteiger partial charge in [0.05, 0.1) is 19.3 Å². The first-order valence-electron chi connectivity index (χ1n) is 8.06. The number of esters is 1. The zero-order valence-electron chi connectivity index (χ0n) is 13.8. The van der Waals surface area contributed by atoms with Gasteiger partial charge in [-0.3, -0.25) is 0 Å². The van der Waals surface area contributed by atoms with Gasteiger partial charge in [0.1, 0.15) is 5.82 Å². The predicted octanol–water partition coefficient (Wildman–Crippen LogP) is 2.13. The van der Waals surface area contributed by atoms with Crippen LogP contribution in [0.5, 0.6) is 0 Å². The van der Waals surface area contributed by atoms with Crippen LogP contribution in [0.25, 0.3) is 11.4 Å². The molecule has 1 N–H and O–H groups in total. The second kappa shape index (κ2) is 7.15. The summed E-state index contributed by atoms with van der Waals surface area (Å²) < 4.78 is 12.2. The highest BCUT2D eigenvalue weighted by molar-refractivity contribution is 5.90.